The van der Waals surface area contributed by atoms with Crippen molar-refractivity contribution in [3.63, 3.8) is 0 Å². The van der Waals surface area contributed by atoms with E-state index in [-0.39, 0.29) is 5.41 Å². The fourth-order valence-electron chi connectivity index (χ4n) is 1.56. The lowest BCUT2D eigenvalue weighted by molar-refractivity contribution is 0.1000. The molecule has 0 atom stereocenters. The van der Waals surface area contributed by atoms with Crippen LogP contribution in [0.1, 0.15) is 25.7 Å². The molecule has 1 aliphatic carbocycles. The molecule has 1 aliphatic heterocycles. The number of ether oxygens (including phenoxy) is 1. The van der Waals surface area contributed by atoms with Crippen molar-refractivity contribution in [2.24, 2.45) is 5.41 Å². The number of hydrogen-bond acceptors (Lipinski definition) is 3. The molecule has 13 heavy (non-hydrogen) atoms. The zero-order chi connectivity index (χ0) is 9.15. The third-order valence-corrected chi connectivity index (χ3v) is 4.52. The summed E-state index contributed by atoms with van der Waals surface area (Å²) in [7, 11) is 0. The van der Waals surface area contributed by atoms with Crippen LogP contribution in [0.15, 0.2) is 0 Å². The van der Waals surface area contributed by atoms with Crippen molar-refractivity contribution in [2.75, 3.05) is 19.0 Å². The molecule has 2 rings (SSSR count). The molecule has 0 aromatic heterocycles. The molecule has 3 heteroatoms. The average molecular weight is 197 g/mol. The highest BCUT2D eigenvalue weighted by molar-refractivity contribution is 7.99. The van der Waals surface area contributed by atoms with Crippen LogP contribution in [0, 0.1) is 16.7 Å². The van der Waals surface area contributed by atoms with Crippen molar-refractivity contribution in [1.82, 2.24) is 0 Å². The van der Waals surface area contributed by atoms with Gasteiger partial charge in [-0.25, -0.2) is 0 Å². The van der Waals surface area contributed by atoms with Crippen LogP contribution in [0.2, 0.25) is 0 Å². The maximum Gasteiger partial charge on any atom is 0.0698 e. The minimum absolute atomic E-state index is 0.0724. The number of nitriles is 1. The van der Waals surface area contributed by atoms with Crippen molar-refractivity contribution in [2.45, 2.75) is 30.9 Å². The summed E-state index contributed by atoms with van der Waals surface area (Å²) >= 11 is 1.99. The minimum atomic E-state index is 0.0724. The van der Waals surface area contributed by atoms with Crippen molar-refractivity contribution >= 4 is 11.8 Å². The van der Waals surface area contributed by atoms with E-state index in [0.717, 1.165) is 37.1 Å². The molecule has 1 heterocycles. The van der Waals surface area contributed by atoms with E-state index in [1.807, 2.05) is 11.8 Å². The van der Waals surface area contributed by atoms with Gasteiger partial charge in [-0.1, -0.05) is 0 Å². The second-order valence-corrected chi connectivity index (χ2v) is 5.30. The van der Waals surface area contributed by atoms with Gasteiger partial charge >= 0.3 is 0 Å². The van der Waals surface area contributed by atoms with Crippen LogP contribution >= 0.6 is 11.8 Å². The van der Waals surface area contributed by atoms with Gasteiger partial charge in [0.15, 0.2) is 0 Å². The second-order valence-electron chi connectivity index (χ2n) is 4.01. The molecule has 0 aromatic rings. The van der Waals surface area contributed by atoms with Crippen molar-refractivity contribution in [3.8, 4) is 6.07 Å². The second kappa shape index (κ2) is 3.89. The van der Waals surface area contributed by atoms with Crippen LogP contribution in [0.5, 0.6) is 0 Å². The lowest BCUT2D eigenvalue weighted by Crippen LogP contribution is -2.19. The lowest BCUT2D eigenvalue weighted by Gasteiger charge is -2.22. The van der Waals surface area contributed by atoms with Gasteiger partial charge in [0.2, 0.25) is 0 Å². The SMILES string of the molecule is N#CC1(CSC2CCOCC2)CC1. The maximum atomic E-state index is 8.90. The normalized spacial score (nSPS) is 26.7. The van der Waals surface area contributed by atoms with E-state index in [4.69, 9.17) is 10.00 Å². The van der Waals surface area contributed by atoms with Gasteiger partial charge in [0.1, 0.15) is 0 Å². The average Bonchev–Trinajstić information content (AvgIpc) is 2.97. The van der Waals surface area contributed by atoms with E-state index in [0.29, 0.717) is 0 Å². The number of rotatable bonds is 3. The molecule has 1 saturated heterocycles. The largest absolute Gasteiger partial charge is 0.381 e. The molecule has 0 spiro atoms. The minimum Gasteiger partial charge on any atom is -0.381 e. The van der Waals surface area contributed by atoms with Crippen molar-refractivity contribution in [1.29, 1.82) is 5.26 Å². The zero-order valence-corrected chi connectivity index (χ0v) is 8.61. The summed E-state index contributed by atoms with van der Waals surface area (Å²) < 4.78 is 5.30. The maximum absolute atomic E-state index is 8.90. The number of hydrogen-bond donors (Lipinski definition) is 0. The highest BCUT2D eigenvalue weighted by Crippen LogP contribution is 2.48. The molecule has 2 fully saturated rings. The van der Waals surface area contributed by atoms with Gasteiger partial charge in [-0.05, 0) is 25.7 Å². The van der Waals surface area contributed by atoms with Gasteiger partial charge < -0.3 is 4.74 Å². The first-order valence-electron chi connectivity index (χ1n) is 4.95. The number of nitrogens with zero attached hydrogens (tertiary/aromatic N) is 1. The molecule has 0 unspecified atom stereocenters. The van der Waals surface area contributed by atoms with E-state index in [1.54, 1.807) is 0 Å². The fourth-order valence-corrected chi connectivity index (χ4v) is 2.99. The molecule has 0 amide bonds. The van der Waals surface area contributed by atoms with E-state index in [1.165, 1.54) is 12.8 Å². The van der Waals surface area contributed by atoms with Crippen molar-refractivity contribution in [3.05, 3.63) is 0 Å². The molecule has 72 valence electrons. The number of thioether (sulfide) groups is 1. The Morgan fingerprint density at radius 3 is 2.62 bits per heavy atom. The molecule has 2 nitrogen and oxygen atoms in total. The quantitative estimate of drug-likeness (QED) is 0.695. The molecule has 0 N–H and O–H groups in total. The first-order chi connectivity index (χ1) is 6.35. The highest BCUT2D eigenvalue weighted by Gasteiger charge is 2.43. The summed E-state index contributed by atoms with van der Waals surface area (Å²) in [4.78, 5) is 0. The summed E-state index contributed by atoms with van der Waals surface area (Å²) in [6.45, 7) is 1.83. The highest BCUT2D eigenvalue weighted by atomic mass is 32.2. The lowest BCUT2D eigenvalue weighted by atomic mass is 10.2. The van der Waals surface area contributed by atoms with Crippen LogP contribution in [0.25, 0.3) is 0 Å². The van der Waals surface area contributed by atoms with E-state index < -0.39 is 0 Å². The first-order valence-corrected chi connectivity index (χ1v) is 6.00. The van der Waals surface area contributed by atoms with E-state index >= 15 is 0 Å². The van der Waals surface area contributed by atoms with E-state index in [9.17, 15) is 0 Å². The van der Waals surface area contributed by atoms with Crippen LogP contribution in [-0.2, 0) is 4.74 Å². The summed E-state index contributed by atoms with van der Waals surface area (Å²) in [5.74, 6) is 1.05. The Balaban J connectivity index is 1.70. The van der Waals surface area contributed by atoms with Gasteiger partial charge in [-0.3, -0.25) is 0 Å². The summed E-state index contributed by atoms with van der Waals surface area (Å²) in [5, 5.41) is 9.65. The van der Waals surface area contributed by atoms with Gasteiger partial charge in [0.05, 0.1) is 11.5 Å². The Hall–Kier alpha value is -0.200. The smallest absolute Gasteiger partial charge is 0.0698 e. The monoisotopic (exact) mass is 197 g/mol. The van der Waals surface area contributed by atoms with Crippen molar-refractivity contribution < 1.29 is 4.74 Å². The van der Waals surface area contributed by atoms with E-state index in [2.05, 4.69) is 6.07 Å². The Morgan fingerprint density at radius 2 is 2.08 bits per heavy atom. The molecule has 2 aliphatic rings. The molecule has 0 bridgehead atoms. The third kappa shape index (κ3) is 2.38. The Kier molecular flexibility index (Phi) is 2.80. The fraction of sp³-hybridized carbons (Fsp3) is 0.900. The van der Waals surface area contributed by atoms with Crippen LogP contribution in [-0.4, -0.2) is 24.2 Å². The molecule has 0 radical (unpaired) electrons. The standard InChI is InChI=1S/C10H15NOS/c11-7-10(3-4-10)8-13-9-1-5-12-6-2-9/h9H,1-6,8H2. The Bertz CT molecular complexity index is 213. The van der Waals surface area contributed by atoms with Crippen LogP contribution < -0.4 is 0 Å². The molecular formula is C10H15NOS. The Labute approximate surface area is 83.6 Å². The van der Waals surface area contributed by atoms with Crippen LogP contribution in [0.3, 0.4) is 0 Å². The molecule has 1 saturated carbocycles. The summed E-state index contributed by atoms with van der Waals surface area (Å²) in [6.07, 6.45) is 4.60. The molecule has 0 aromatic carbocycles. The predicted octanol–water partition coefficient (Wildman–Crippen LogP) is 2.20. The summed E-state index contributed by atoms with van der Waals surface area (Å²) in [6, 6.07) is 2.44. The van der Waals surface area contributed by atoms with Gasteiger partial charge in [-0.15, -0.1) is 0 Å². The predicted molar refractivity (Wildman–Crippen MR) is 53.6 cm³/mol. The summed E-state index contributed by atoms with van der Waals surface area (Å²) in [5.41, 5.74) is 0.0724. The third-order valence-electron chi connectivity index (χ3n) is 2.85. The first kappa shape index (κ1) is 9.36. The van der Waals surface area contributed by atoms with Gasteiger partial charge in [-0.2, -0.15) is 17.0 Å². The van der Waals surface area contributed by atoms with Gasteiger partial charge in [0.25, 0.3) is 0 Å². The topological polar surface area (TPSA) is 33.0 Å². The molecular weight excluding hydrogens is 182 g/mol. The van der Waals surface area contributed by atoms with Gasteiger partial charge in [0, 0.05) is 24.2 Å². The Morgan fingerprint density at radius 1 is 1.38 bits per heavy atom. The zero-order valence-electron chi connectivity index (χ0n) is 7.79. The van der Waals surface area contributed by atoms with Crippen LogP contribution in [0.4, 0.5) is 0 Å².